The summed E-state index contributed by atoms with van der Waals surface area (Å²) in [4.78, 5) is 50.2. The standard InChI is InChI=1S/C25H37N3O5/c1-25(2,3)33-24(32)27-17-11-6-4-5-10-16-26-23(31)22(30)20-14-15-21(29)28(20)18-19-12-8-7-9-13-19/h7-9,12-13,20H,4-6,10-11,14-18H2,1-3H3,(H,26,31)(H,27,32). The van der Waals surface area contributed by atoms with Gasteiger partial charge in [-0.3, -0.25) is 14.4 Å². The second-order valence-electron chi connectivity index (χ2n) is 9.38. The Hall–Kier alpha value is -2.90. The Bertz CT molecular complexity index is 804. The van der Waals surface area contributed by atoms with E-state index < -0.39 is 29.4 Å². The number of benzene rings is 1. The predicted molar refractivity (Wildman–Crippen MR) is 125 cm³/mol. The molecule has 8 nitrogen and oxygen atoms in total. The minimum atomic E-state index is -0.685. The monoisotopic (exact) mass is 459 g/mol. The number of unbranched alkanes of at least 4 members (excludes halogenated alkanes) is 4. The van der Waals surface area contributed by atoms with Crippen molar-refractivity contribution in [1.82, 2.24) is 15.5 Å². The van der Waals surface area contributed by atoms with Crippen LogP contribution in [0.4, 0.5) is 4.79 Å². The fraction of sp³-hybridized carbons (Fsp3) is 0.600. The molecule has 1 aliphatic heterocycles. The van der Waals surface area contributed by atoms with E-state index in [1.807, 2.05) is 51.1 Å². The summed E-state index contributed by atoms with van der Waals surface area (Å²) in [5.74, 6) is -1.24. The third-order valence-electron chi connectivity index (χ3n) is 5.36. The fourth-order valence-corrected chi connectivity index (χ4v) is 3.71. The van der Waals surface area contributed by atoms with Crippen LogP contribution in [-0.4, -0.2) is 53.3 Å². The molecule has 182 valence electrons. The van der Waals surface area contributed by atoms with Gasteiger partial charge < -0.3 is 20.3 Å². The van der Waals surface area contributed by atoms with Gasteiger partial charge in [-0.25, -0.2) is 4.79 Å². The molecule has 1 saturated heterocycles. The van der Waals surface area contributed by atoms with Gasteiger partial charge in [0.25, 0.3) is 5.91 Å². The second-order valence-corrected chi connectivity index (χ2v) is 9.38. The first-order valence-electron chi connectivity index (χ1n) is 11.8. The Morgan fingerprint density at radius 1 is 0.970 bits per heavy atom. The van der Waals surface area contributed by atoms with Gasteiger partial charge in [0.1, 0.15) is 11.6 Å². The van der Waals surface area contributed by atoms with Gasteiger partial charge in [-0.2, -0.15) is 0 Å². The van der Waals surface area contributed by atoms with Crippen molar-refractivity contribution in [1.29, 1.82) is 0 Å². The Morgan fingerprint density at radius 3 is 2.21 bits per heavy atom. The lowest BCUT2D eigenvalue weighted by atomic mass is 10.1. The summed E-state index contributed by atoms with van der Waals surface area (Å²) in [6.07, 6.45) is 4.76. The number of ether oxygens (including phenoxy) is 1. The number of nitrogens with one attached hydrogen (secondary N) is 2. The number of hydrogen-bond donors (Lipinski definition) is 2. The quantitative estimate of drug-likeness (QED) is 0.368. The Balaban J connectivity index is 1.59. The van der Waals surface area contributed by atoms with Gasteiger partial charge in [0, 0.05) is 26.1 Å². The van der Waals surface area contributed by atoms with E-state index in [1.165, 1.54) is 4.90 Å². The average Bonchev–Trinajstić information content (AvgIpc) is 3.11. The first-order valence-corrected chi connectivity index (χ1v) is 11.8. The molecule has 1 heterocycles. The Kier molecular flexibility index (Phi) is 10.4. The van der Waals surface area contributed by atoms with E-state index >= 15 is 0 Å². The van der Waals surface area contributed by atoms with Crippen molar-refractivity contribution >= 4 is 23.7 Å². The lowest BCUT2D eigenvalue weighted by Gasteiger charge is -2.23. The molecule has 1 unspecified atom stereocenters. The molecule has 0 aromatic heterocycles. The molecule has 3 amide bonds. The number of hydrogen-bond acceptors (Lipinski definition) is 5. The topological polar surface area (TPSA) is 105 Å². The van der Waals surface area contributed by atoms with Crippen molar-refractivity contribution in [3.05, 3.63) is 35.9 Å². The van der Waals surface area contributed by atoms with Crippen LogP contribution in [0.2, 0.25) is 0 Å². The minimum absolute atomic E-state index is 0.0915. The molecule has 0 bridgehead atoms. The van der Waals surface area contributed by atoms with E-state index in [0.29, 0.717) is 32.5 Å². The second kappa shape index (κ2) is 13.0. The highest BCUT2D eigenvalue weighted by Gasteiger charge is 2.38. The van der Waals surface area contributed by atoms with Crippen LogP contribution in [0.1, 0.15) is 71.3 Å². The fourth-order valence-electron chi connectivity index (χ4n) is 3.71. The van der Waals surface area contributed by atoms with Crippen LogP contribution in [0.25, 0.3) is 0 Å². The van der Waals surface area contributed by atoms with E-state index in [9.17, 15) is 19.2 Å². The molecular weight excluding hydrogens is 422 g/mol. The zero-order chi connectivity index (χ0) is 24.3. The molecule has 1 aromatic carbocycles. The van der Waals surface area contributed by atoms with Gasteiger partial charge in [0.2, 0.25) is 11.7 Å². The molecule has 0 saturated carbocycles. The summed E-state index contributed by atoms with van der Waals surface area (Å²) in [5, 5.41) is 5.43. The first-order chi connectivity index (χ1) is 15.7. The highest BCUT2D eigenvalue weighted by molar-refractivity contribution is 6.38. The molecule has 2 rings (SSSR count). The molecule has 1 aromatic rings. The van der Waals surface area contributed by atoms with Gasteiger partial charge in [0.15, 0.2) is 0 Å². The average molecular weight is 460 g/mol. The summed E-state index contributed by atoms with van der Waals surface area (Å²) in [7, 11) is 0. The van der Waals surface area contributed by atoms with Crippen LogP contribution in [0.5, 0.6) is 0 Å². The molecule has 0 aliphatic carbocycles. The molecule has 0 radical (unpaired) electrons. The van der Waals surface area contributed by atoms with Crippen molar-refractivity contribution in [3.8, 4) is 0 Å². The zero-order valence-electron chi connectivity index (χ0n) is 20.0. The molecular formula is C25H37N3O5. The molecule has 33 heavy (non-hydrogen) atoms. The summed E-state index contributed by atoms with van der Waals surface area (Å²) >= 11 is 0. The minimum Gasteiger partial charge on any atom is -0.444 e. The van der Waals surface area contributed by atoms with E-state index in [2.05, 4.69) is 10.6 Å². The van der Waals surface area contributed by atoms with Crippen molar-refractivity contribution < 1.29 is 23.9 Å². The van der Waals surface area contributed by atoms with E-state index in [0.717, 1.165) is 37.7 Å². The third kappa shape index (κ3) is 9.63. The van der Waals surface area contributed by atoms with Crippen LogP contribution in [0, 0.1) is 0 Å². The number of carbonyl (C=O) groups is 4. The number of nitrogens with zero attached hydrogens (tertiary/aromatic N) is 1. The third-order valence-corrected chi connectivity index (χ3v) is 5.36. The highest BCUT2D eigenvalue weighted by atomic mass is 16.6. The van der Waals surface area contributed by atoms with Crippen LogP contribution < -0.4 is 10.6 Å². The maximum Gasteiger partial charge on any atom is 0.407 e. The van der Waals surface area contributed by atoms with Crippen molar-refractivity contribution in [3.63, 3.8) is 0 Å². The van der Waals surface area contributed by atoms with Crippen LogP contribution >= 0.6 is 0 Å². The molecule has 1 fully saturated rings. The summed E-state index contributed by atoms with van der Waals surface area (Å²) in [6, 6.07) is 8.79. The van der Waals surface area contributed by atoms with Crippen molar-refractivity contribution in [2.24, 2.45) is 0 Å². The van der Waals surface area contributed by atoms with Crippen molar-refractivity contribution in [2.75, 3.05) is 13.1 Å². The van der Waals surface area contributed by atoms with Crippen LogP contribution in [-0.2, 0) is 25.7 Å². The molecule has 8 heteroatoms. The van der Waals surface area contributed by atoms with E-state index in [1.54, 1.807) is 0 Å². The van der Waals surface area contributed by atoms with Gasteiger partial charge in [-0.15, -0.1) is 0 Å². The number of carbonyl (C=O) groups excluding carboxylic acids is 4. The molecule has 1 atom stereocenters. The smallest absolute Gasteiger partial charge is 0.407 e. The van der Waals surface area contributed by atoms with Gasteiger partial charge in [-0.1, -0.05) is 49.6 Å². The highest BCUT2D eigenvalue weighted by Crippen LogP contribution is 2.22. The number of ketones is 1. The number of rotatable bonds is 12. The maximum atomic E-state index is 12.6. The SMILES string of the molecule is CC(C)(C)OC(=O)NCCCCCCCNC(=O)C(=O)C1CCC(=O)N1Cc1ccccc1. The molecule has 2 N–H and O–H groups in total. The Labute approximate surface area is 196 Å². The summed E-state index contributed by atoms with van der Waals surface area (Å²) in [5.41, 5.74) is 0.441. The normalized spacial score (nSPS) is 15.9. The predicted octanol–water partition coefficient (Wildman–Crippen LogP) is 3.34. The van der Waals surface area contributed by atoms with E-state index in [4.69, 9.17) is 4.74 Å². The lowest BCUT2D eigenvalue weighted by molar-refractivity contribution is -0.143. The van der Waals surface area contributed by atoms with Gasteiger partial charge >= 0.3 is 6.09 Å². The largest absolute Gasteiger partial charge is 0.444 e. The zero-order valence-corrected chi connectivity index (χ0v) is 20.0. The molecule has 1 aliphatic rings. The van der Waals surface area contributed by atoms with Crippen molar-refractivity contribution in [2.45, 2.75) is 83.9 Å². The van der Waals surface area contributed by atoms with Gasteiger partial charge in [0.05, 0.1) is 0 Å². The van der Waals surface area contributed by atoms with E-state index in [-0.39, 0.29) is 5.91 Å². The number of Topliss-reactive ketones (excluding diaryl/α,β-unsaturated/α-hetero) is 1. The van der Waals surface area contributed by atoms with Crippen LogP contribution in [0.15, 0.2) is 30.3 Å². The Morgan fingerprint density at radius 2 is 1.58 bits per heavy atom. The lowest BCUT2D eigenvalue weighted by Crippen LogP contribution is -2.45. The first kappa shape index (κ1) is 26.4. The number of likely N-dealkylation sites (tertiary alicyclic amines) is 1. The van der Waals surface area contributed by atoms with Gasteiger partial charge in [-0.05, 0) is 45.6 Å². The van der Waals surface area contributed by atoms with Crippen LogP contribution in [0.3, 0.4) is 0 Å². The number of alkyl carbamates (subject to hydrolysis) is 1. The summed E-state index contributed by atoms with van der Waals surface area (Å²) in [6.45, 7) is 6.82. The molecule has 0 spiro atoms. The maximum absolute atomic E-state index is 12.6. The summed E-state index contributed by atoms with van der Waals surface area (Å²) < 4.78 is 5.18. The number of amides is 3.